The highest BCUT2D eigenvalue weighted by molar-refractivity contribution is 5.77. The van der Waals surface area contributed by atoms with E-state index in [0.29, 0.717) is 26.2 Å². The second kappa shape index (κ2) is 5.19. The van der Waals surface area contributed by atoms with Crippen molar-refractivity contribution in [2.75, 3.05) is 19.8 Å². The molecule has 1 amide bonds. The highest BCUT2D eigenvalue weighted by atomic mass is 16.7. The highest BCUT2D eigenvalue weighted by Crippen LogP contribution is 2.19. The van der Waals surface area contributed by atoms with Crippen LogP contribution in [0.1, 0.15) is 26.7 Å². The van der Waals surface area contributed by atoms with Crippen molar-refractivity contribution >= 4 is 5.91 Å². The number of carbonyl (C=O) groups excluding carboxylic acids is 1. The Balaban J connectivity index is 2.39. The molecule has 0 aromatic heterocycles. The summed E-state index contributed by atoms with van der Waals surface area (Å²) in [5.74, 6) is 0.0755. The maximum atomic E-state index is 11.3. The lowest BCUT2D eigenvalue weighted by molar-refractivity contribution is -0.192. The normalized spacial score (nSPS) is 22.8. The fraction of sp³-hybridized carbons (Fsp3) is 0.889. The van der Waals surface area contributed by atoms with Crippen molar-refractivity contribution < 1.29 is 14.4 Å². The summed E-state index contributed by atoms with van der Waals surface area (Å²) in [4.78, 5) is 16.5. The number of ether oxygens (including phenoxy) is 1. The van der Waals surface area contributed by atoms with Gasteiger partial charge in [0.25, 0.3) is 0 Å². The molecule has 0 aliphatic carbocycles. The predicted molar refractivity (Wildman–Crippen MR) is 48.0 cm³/mol. The standard InChI is InChI=1S/C9H17NO3/c1-3-12-7-8-5-6-9(11)10(8)13-4-2/h8H,3-7H2,1-2H3/t8-/m0/s1. The van der Waals surface area contributed by atoms with Gasteiger partial charge < -0.3 is 4.74 Å². The summed E-state index contributed by atoms with van der Waals surface area (Å²) in [7, 11) is 0. The zero-order valence-corrected chi connectivity index (χ0v) is 8.28. The molecule has 4 heteroatoms. The van der Waals surface area contributed by atoms with Gasteiger partial charge in [0.2, 0.25) is 5.91 Å². The Bertz CT molecular complexity index is 172. The molecule has 1 heterocycles. The van der Waals surface area contributed by atoms with Crippen LogP contribution < -0.4 is 0 Å². The first kappa shape index (κ1) is 10.5. The van der Waals surface area contributed by atoms with E-state index < -0.39 is 0 Å². The smallest absolute Gasteiger partial charge is 0.246 e. The molecule has 0 aromatic rings. The van der Waals surface area contributed by atoms with Crippen LogP contribution in [0, 0.1) is 0 Å². The molecule has 0 spiro atoms. The molecular formula is C9H17NO3. The SMILES string of the molecule is CCOC[C@@H]1CCC(=O)N1OCC. The molecule has 0 N–H and O–H groups in total. The van der Waals surface area contributed by atoms with Crippen LogP contribution in [-0.2, 0) is 14.4 Å². The number of hydrogen-bond acceptors (Lipinski definition) is 3. The van der Waals surface area contributed by atoms with Crippen molar-refractivity contribution in [1.29, 1.82) is 0 Å². The van der Waals surface area contributed by atoms with Gasteiger partial charge in [-0.3, -0.25) is 9.63 Å². The minimum Gasteiger partial charge on any atom is -0.379 e. The van der Waals surface area contributed by atoms with Crippen molar-refractivity contribution in [3.05, 3.63) is 0 Å². The lowest BCUT2D eigenvalue weighted by atomic mass is 10.2. The summed E-state index contributed by atoms with van der Waals surface area (Å²) in [5.41, 5.74) is 0. The van der Waals surface area contributed by atoms with Crippen LogP contribution in [-0.4, -0.2) is 36.8 Å². The summed E-state index contributed by atoms with van der Waals surface area (Å²) in [6, 6.07) is 0.118. The van der Waals surface area contributed by atoms with Crippen LogP contribution in [0.25, 0.3) is 0 Å². The Morgan fingerprint density at radius 3 is 2.85 bits per heavy atom. The van der Waals surface area contributed by atoms with Crippen LogP contribution in [0.2, 0.25) is 0 Å². The van der Waals surface area contributed by atoms with Gasteiger partial charge in [-0.05, 0) is 20.3 Å². The molecule has 1 aliphatic rings. The van der Waals surface area contributed by atoms with E-state index in [-0.39, 0.29) is 11.9 Å². The lowest BCUT2D eigenvalue weighted by Gasteiger charge is -2.22. The Hall–Kier alpha value is -0.610. The quantitative estimate of drug-likeness (QED) is 0.643. The van der Waals surface area contributed by atoms with Crippen molar-refractivity contribution in [1.82, 2.24) is 5.06 Å². The second-order valence-electron chi connectivity index (χ2n) is 2.99. The largest absolute Gasteiger partial charge is 0.379 e. The Morgan fingerprint density at radius 1 is 1.46 bits per heavy atom. The van der Waals surface area contributed by atoms with E-state index in [1.165, 1.54) is 5.06 Å². The van der Waals surface area contributed by atoms with E-state index in [9.17, 15) is 4.79 Å². The monoisotopic (exact) mass is 187 g/mol. The minimum absolute atomic E-state index is 0.0755. The summed E-state index contributed by atoms with van der Waals surface area (Å²) in [6.45, 7) is 5.63. The molecule has 0 bridgehead atoms. The van der Waals surface area contributed by atoms with Crippen molar-refractivity contribution in [3.8, 4) is 0 Å². The summed E-state index contributed by atoms with van der Waals surface area (Å²) < 4.78 is 5.27. The predicted octanol–water partition coefficient (Wildman–Crippen LogP) is 0.965. The molecule has 76 valence electrons. The van der Waals surface area contributed by atoms with Crippen LogP contribution in [0.3, 0.4) is 0 Å². The van der Waals surface area contributed by atoms with Crippen molar-refractivity contribution in [2.45, 2.75) is 32.7 Å². The number of amides is 1. The van der Waals surface area contributed by atoms with E-state index in [4.69, 9.17) is 9.57 Å². The Labute approximate surface area is 78.8 Å². The van der Waals surface area contributed by atoms with E-state index in [1.54, 1.807) is 0 Å². The van der Waals surface area contributed by atoms with Gasteiger partial charge in [0, 0.05) is 13.0 Å². The number of carbonyl (C=O) groups is 1. The number of hydroxylamine groups is 2. The average Bonchev–Trinajstić information content (AvgIpc) is 2.46. The van der Waals surface area contributed by atoms with Gasteiger partial charge in [-0.25, -0.2) is 5.06 Å². The minimum atomic E-state index is 0.0755. The van der Waals surface area contributed by atoms with Gasteiger partial charge in [0.05, 0.1) is 19.3 Å². The van der Waals surface area contributed by atoms with Crippen molar-refractivity contribution in [2.24, 2.45) is 0 Å². The van der Waals surface area contributed by atoms with E-state index in [1.807, 2.05) is 13.8 Å². The number of hydrogen-bond donors (Lipinski definition) is 0. The molecule has 0 aromatic carbocycles. The molecule has 1 rings (SSSR count). The first-order chi connectivity index (χ1) is 6.29. The third-order valence-electron chi connectivity index (χ3n) is 2.05. The third-order valence-corrected chi connectivity index (χ3v) is 2.05. The first-order valence-electron chi connectivity index (χ1n) is 4.82. The third kappa shape index (κ3) is 2.67. The number of nitrogens with zero attached hydrogens (tertiary/aromatic N) is 1. The zero-order chi connectivity index (χ0) is 9.68. The molecule has 1 aliphatic heterocycles. The highest BCUT2D eigenvalue weighted by Gasteiger charge is 2.31. The lowest BCUT2D eigenvalue weighted by Crippen LogP contribution is -2.36. The first-order valence-corrected chi connectivity index (χ1v) is 4.82. The van der Waals surface area contributed by atoms with Crippen LogP contribution >= 0.6 is 0 Å². The van der Waals surface area contributed by atoms with Gasteiger partial charge in [-0.2, -0.15) is 0 Å². The maximum absolute atomic E-state index is 11.3. The Kier molecular flexibility index (Phi) is 4.18. The molecule has 0 saturated carbocycles. The Morgan fingerprint density at radius 2 is 2.23 bits per heavy atom. The van der Waals surface area contributed by atoms with Crippen LogP contribution in [0.5, 0.6) is 0 Å². The average molecular weight is 187 g/mol. The molecule has 0 unspecified atom stereocenters. The second-order valence-corrected chi connectivity index (χ2v) is 2.99. The molecule has 1 atom stereocenters. The number of rotatable bonds is 5. The van der Waals surface area contributed by atoms with Gasteiger partial charge >= 0.3 is 0 Å². The molecule has 4 nitrogen and oxygen atoms in total. The molecule has 1 fully saturated rings. The fourth-order valence-electron chi connectivity index (χ4n) is 1.44. The maximum Gasteiger partial charge on any atom is 0.246 e. The van der Waals surface area contributed by atoms with Crippen LogP contribution in [0.4, 0.5) is 0 Å². The summed E-state index contributed by atoms with van der Waals surface area (Å²) >= 11 is 0. The van der Waals surface area contributed by atoms with E-state index in [0.717, 1.165) is 6.42 Å². The fourth-order valence-corrected chi connectivity index (χ4v) is 1.44. The van der Waals surface area contributed by atoms with Crippen molar-refractivity contribution in [3.63, 3.8) is 0 Å². The molecule has 0 radical (unpaired) electrons. The van der Waals surface area contributed by atoms with Crippen LogP contribution in [0.15, 0.2) is 0 Å². The van der Waals surface area contributed by atoms with E-state index in [2.05, 4.69) is 0 Å². The topological polar surface area (TPSA) is 38.8 Å². The van der Waals surface area contributed by atoms with Gasteiger partial charge in [-0.15, -0.1) is 0 Å². The van der Waals surface area contributed by atoms with Gasteiger partial charge in [-0.1, -0.05) is 0 Å². The molecule has 13 heavy (non-hydrogen) atoms. The molecular weight excluding hydrogens is 170 g/mol. The zero-order valence-electron chi connectivity index (χ0n) is 8.28. The molecule has 1 saturated heterocycles. The van der Waals surface area contributed by atoms with Gasteiger partial charge in [0.1, 0.15) is 0 Å². The van der Waals surface area contributed by atoms with Gasteiger partial charge in [0.15, 0.2) is 0 Å². The summed E-state index contributed by atoms with van der Waals surface area (Å²) in [6.07, 6.45) is 1.43. The summed E-state index contributed by atoms with van der Waals surface area (Å²) in [5, 5.41) is 1.47. The van der Waals surface area contributed by atoms with E-state index >= 15 is 0 Å².